The van der Waals surface area contributed by atoms with E-state index in [1.807, 2.05) is 30.3 Å². The van der Waals surface area contributed by atoms with Gasteiger partial charge in [0.25, 0.3) is 5.56 Å². The number of ether oxygens (including phenoxy) is 1. The smallest absolute Gasteiger partial charge is 0.282 e. The average molecular weight is 518 g/mol. The van der Waals surface area contributed by atoms with Crippen molar-refractivity contribution in [3.63, 3.8) is 0 Å². The summed E-state index contributed by atoms with van der Waals surface area (Å²) in [6, 6.07) is 12.8. The van der Waals surface area contributed by atoms with E-state index in [0.717, 1.165) is 22.9 Å². The van der Waals surface area contributed by atoms with Gasteiger partial charge in [0, 0.05) is 10.9 Å². The van der Waals surface area contributed by atoms with E-state index in [1.54, 1.807) is 18.3 Å². The third-order valence-corrected chi connectivity index (χ3v) is 5.31. The summed E-state index contributed by atoms with van der Waals surface area (Å²) in [5, 5.41) is 13.6. The van der Waals surface area contributed by atoms with Gasteiger partial charge in [0.1, 0.15) is 17.6 Å². The summed E-state index contributed by atoms with van der Waals surface area (Å²) in [6.07, 6.45) is 4.19. The second-order valence-electron chi connectivity index (χ2n) is 6.29. The minimum absolute atomic E-state index is 0.0272. The molecule has 3 rings (SSSR count). The Bertz CT molecular complexity index is 1170. The molecule has 0 N–H and O–H groups in total. The fraction of sp³-hybridized carbons (Fsp3) is 0.238. The molecule has 6 nitrogen and oxygen atoms in total. The Hall–Kier alpha value is -2.50. The van der Waals surface area contributed by atoms with Crippen LogP contribution in [0.4, 0.5) is 0 Å². The van der Waals surface area contributed by atoms with Gasteiger partial charge < -0.3 is 4.74 Å². The van der Waals surface area contributed by atoms with Crippen LogP contribution >= 0.6 is 31.9 Å². The monoisotopic (exact) mass is 516 g/mol. The van der Waals surface area contributed by atoms with Crippen LogP contribution in [0.2, 0.25) is 0 Å². The van der Waals surface area contributed by atoms with Gasteiger partial charge in [0.2, 0.25) is 0 Å². The number of aromatic nitrogens is 2. The minimum atomic E-state index is -0.202. The Balaban J connectivity index is 2.01. The molecule has 0 aliphatic carbocycles. The van der Waals surface area contributed by atoms with Crippen molar-refractivity contribution in [1.29, 1.82) is 5.26 Å². The molecule has 0 aliphatic heterocycles. The molecule has 29 heavy (non-hydrogen) atoms. The first-order valence-electron chi connectivity index (χ1n) is 9.08. The van der Waals surface area contributed by atoms with E-state index in [2.05, 4.69) is 48.9 Å². The highest BCUT2D eigenvalue weighted by molar-refractivity contribution is 9.10. The number of nitrogens with zero attached hydrogens (tertiary/aromatic N) is 4. The first kappa shape index (κ1) is 21.2. The normalized spacial score (nSPS) is 11.1. The topological polar surface area (TPSA) is 80.3 Å². The van der Waals surface area contributed by atoms with Crippen molar-refractivity contribution in [2.24, 2.45) is 5.10 Å². The SMILES string of the molecule is CCCCc1nc2ccc(Br)cc2c(=O)n1N=Cc1ccc(OCC#N)c(Br)c1. The van der Waals surface area contributed by atoms with E-state index in [0.29, 0.717) is 33.4 Å². The number of aryl methyl sites for hydroxylation is 1. The zero-order chi connectivity index (χ0) is 20.8. The summed E-state index contributed by atoms with van der Waals surface area (Å²) < 4.78 is 8.22. The van der Waals surface area contributed by atoms with Gasteiger partial charge in [-0.15, -0.1) is 0 Å². The molecular formula is C21H18Br2N4O2. The Kier molecular flexibility index (Phi) is 7.18. The Morgan fingerprint density at radius 2 is 2.10 bits per heavy atom. The summed E-state index contributed by atoms with van der Waals surface area (Å²) in [6.45, 7) is 2.07. The average Bonchev–Trinajstić information content (AvgIpc) is 2.71. The van der Waals surface area contributed by atoms with Crippen molar-refractivity contribution in [3.05, 3.63) is 67.1 Å². The lowest BCUT2D eigenvalue weighted by Crippen LogP contribution is -2.22. The molecule has 148 valence electrons. The standard InChI is InChI=1S/C21H18Br2N4O2/c1-2-3-4-20-26-18-7-6-15(22)12-16(18)21(28)27(20)25-13-14-5-8-19(17(23)11-14)29-10-9-24/h5-8,11-13H,2-4,10H2,1H3. The molecule has 0 atom stereocenters. The summed E-state index contributed by atoms with van der Waals surface area (Å²) in [5.74, 6) is 1.21. The van der Waals surface area contributed by atoms with Gasteiger partial charge in [-0.1, -0.05) is 29.3 Å². The molecule has 0 amide bonds. The number of hydrogen-bond acceptors (Lipinski definition) is 5. The van der Waals surface area contributed by atoms with Crippen LogP contribution in [0.1, 0.15) is 31.2 Å². The number of nitriles is 1. The van der Waals surface area contributed by atoms with E-state index in [-0.39, 0.29) is 12.2 Å². The second-order valence-corrected chi connectivity index (χ2v) is 8.06. The lowest BCUT2D eigenvalue weighted by Gasteiger charge is -2.09. The van der Waals surface area contributed by atoms with Crippen molar-refractivity contribution >= 4 is 49.0 Å². The maximum atomic E-state index is 13.1. The quantitative estimate of drug-likeness (QED) is 0.411. The third kappa shape index (κ3) is 5.11. The molecule has 0 unspecified atom stereocenters. The Morgan fingerprint density at radius 3 is 2.83 bits per heavy atom. The van der Waals surface area contributed by atoms with Crippen LogP contribution in [0.5, 0.6) is 5.75 Å². The maximum Gasteiger partial charge on any atom is 0.282 e. The fourth-order valence-corrected chi connectivity index (χ4v) is 3.63. The first-order valence-corrected chi connectivity index (χ1v) is 10.7. The molecule has 0 bridgehead atoms. The van der Waals surface area contributed by atoms with E-state index < -0.39 is 0 Å². The molecule has 0 saturated carbocycles. The molecule has 2 aromatic carbocycles. The largest absolute Gasteiger partial charge is 0.478 e. The number of halogens is 2. The van der Waals surface area contributed by atoms with Crippen molar-refractivity contribution in [2.75, 3.05) is 6.61 Å². The van der Waals surface area contributed by atoms with Gasteiger partial charge in [-0.3, -0.25) is 4.79 Å². The molecule has 3 aromatic rings. The molecule has 0 radical (unpaired) electrons. The predicted octanol–water partition coefficient (Wildman–Crippen LogP) is 5.05. The zero-order valence-electron chi connectivity index (χ0n) is 15.7. The van der Waals surface area contributed by atoms with Crippen LogP contribution in [-0.4, -0.2) is 22.5 Å². The van der Waals surface area contributed by atoms with Crippen LogP contribution in [0, 0.1) is 11.3 Å². The molecule has 8 heteroatoms. The zero-order valence-corrected chi connectivity index (χ0v) is 18.9. The predicted molar refractivity (Wildman–Crippen MR) is 121 cm³/mol. The van der Waals surface area contributed by atoms with Crippen LogP contribution in [-0.2, 0) is 6.42 Å². The lowest BCUT2D eigenvalue weighted by atomic mass is 10.2. The highest BCUT2D eigenvalue weighted by Gasteiger charge is 2.11. The summed E-state index contributed by atoms with van der Waals surface area (Å²) >= 11 is 6.83. The van der Waals surface area contributed by atoms with Gasteiger partial charge in [-0.05, 0) is 64.3 Å². The van der Waals surface area contributed by atoms with Gasteiger partial charge in [-0.25, -0.2) is 4.98 Å². The maximum absolute atomic E-state index is 13.1. The van der Waals surface area contributed by atoms with Gasteiger partial charge in [0.15, 0.2) is 6.61 Å². The van der Waals surface area contributed by atoms with Crippen LogP contribution in [0.25, 0.3) is 10.9 Å². The lowest BCUT2D eigenvalue weighted by molar-refractivity contribution is 0.366. The van der Waals surface area contributed by atoms with E-state index >= 15 is 0 Å². The molecular weight excluding hydrogens is 500 g/mol. The van der Waals surface area contributed by atoms with E-state index in [4.69, 9.17) is 10.00 Å². The van der Waals surface area contributed by atoms with Gasteiger partial charge in [0.05, 0.1) is 21.6 Å². The molecule has 0 fully saturated rings. The third-order valence-electron chi connectivity index (χ3n) is 4.20. The number of fused-ring (bicyclic) bond motifs is 1. The van der Waals surface area contributed by atoms with Crippen molar-refractivity contribution in [2.45, 2.75) is 26.2 Å². The fourth-order valence-electron chi connectivity index (χ4n) is 2.76. The molecule has 0 spiro atoms. The highest BCUT2D eigenvalue weighted by atomic mass is 79.9. The molecule has 0 aliphatic rings. The number of rotatable bonds is 7. The van der Waals surface area contributed by atoms with Crippen molar-refractivity contribution in [1.82, 2.24) is 9.66 Å². The summed E-state index contributed by atoms with van der Waals surface area (Å²) in [5.41, 5.74) is 1.24. The van der Waals surface area contributed by atoms with Crippen molar-refractivity contribution in [3.8, 4) is 11.8 Å². The second kappa shape index (κ2) is 9.81. The highest BCUT2D eigenvalue weighted by Crippen LogP contribution is 2.25. The number of benzene rings is 2. The molecule has 1 aromatic heterocycles. The number of hydrogen-bond donors (Lipinski definition) is 0. The molecule has 0 saturated heterocycles. The first-order chi connectivity index (χ1) is 14.0. The van der Waals surface area contributed by atoms with Crippen molar-refractivity contribution < 1.29 is 4.74 Å². The minimum Gasteiger partial charge on any atom is -0.478 e. The molecule has 1 heterocycles. The van der Waals surface area contributed by atoms with E-state index in [1.165, 1.54) is 4.68 Å². The summed E-state index contributed by atoms with van der Waals surface area (Å²) in [4.78, 5) is 17.7. The van der Waals surface area contributed by atoms with Crippen LogP contribution < -0.4 is 10.3 Å². The Labute approximate surface area is 185 Å². The van der Waals surface area contributed by atoms with Gasteiger partial charge in [-0.2, -0.15) is 15.0 Å². The Morgan fingerprint density at radius 1 is 1.28 bits per heavy atom. The van der Waals surface area contributed by atoms with E-state index in [9.17, 15) is 4.79 Å². The number of unbranched alkanes of at least 4 members (excludes halogenated alkanes) is 1. The van der Waals surface area contributed by atoms with Crippen LogP contribution in [0.3, 0.4) is 0 Å². The summed E-state index contributed by atoms with van der Waals surface area (Å²) in [7, 11) is 0. The van der Waals surface area contributed by atoms with Gasteiger partial charge >= 0.3 is 0 Å². The van der Waals surface area contributed by atoms with Crippen LogP contribution in [0.15, 0.2) is 55.2 Å².